The SMILES string of the molecule is COC(=O)C1(CN[C@@H]2CCOC2)CCCCC1. The third-order valence-corrected chi connectivity index (χ3v) is 4.09. The Morgan fingerprint density at radius 1 is 1.41 bits per heavy atom. The van der Waals surface area contributed by atoms with Gasteiger partial charge >= 0.3 is 5.97 Å². The van der Waals surface area contributed by atoms with E-state index < -0.39 is 0 Å². The number of rotatable bonds is 4. The predicted octanol–water partition coefficient (Wildman–Crippen LogP) is 1.49. The Morgan fingerprint density at radius 3 is 2.76 bits per heavy atom. The molecule has 1 heterocycles. The summed E-state index contributed by atoms with van der Waals surface area (Å²) >= 11 is 0. The van der Waals surface area contributed by atoms with Crippen molar-refractivity contribution in [3.05, 3.63) is 0 Å². The molecule has 0 aromatic rings. The summed E-state index contributed by atoms with van der Waals surface area (Å²) in [5.41, 5.74) is -0.282. The largest absolute Gasteiger partial charge is 0.469 e. The maximum Gasteiger partial charge on any atom is 0.313 e. The van der Waals surface area contributed by atoms with Gasteiger partial charge in [-0.25, -0.2) is 0 Å². The van der Waals surface area contributed by atoms with Crippen molar-refractivity contribution in [2.24, 2.45) is 5.41 Å². The molecule has 1 aliphatic heterocycles. The maximum absolute atomic E-state index is 12.0. The number of hydrogen-bond donors (Lipinski definition) is 1. The highest BCUT2D eigenvalue weighted by atomic mass is 16.5. The van der Waals surface area contributed by atoms with Crippen LogP contribution in [0.4, 0.5) is 0 Å². The molecule has 0 bridgehead atoms. The minimum Gasteiger partial charge on any atom is -0.469 e. The van der Waals surface area contributed by atoms with Crippen LogP contribution >= 0.6 is 0 Å². The Bertz CT molecular complexity index is 255. The van der Waals surface area contributed by atoms with E-state index in [0.29, 0.717) is 6.04 Å². The van der Waals surface area contributed by atoms with E-state index in [-0.39, 0.29) is 11.4 Å². The average molecular weight is 241 g/mol. The van der Waals surface area contributed by atoms with Crippen LogP contribution in [-0.2, 0) is 14.3 Å². The summed E-state index contributed by atoms with van der Waals surface area (Å²) < 4.78 is 10.3. The summed E-state index contributed by atoms with van der Waals surface area (Å²) in [4.78, 5) is 12.0. The second kappa shape index (κ2) is 5.83. The standard InChI is InChI=1S/C13H23NO3/c1-16-12(15)13(6-3-2-4-7-13)10-14-11-5-8-17-9-11/h11,14H,2-10H2,1H3/t11-/m1/s1. The first-order chi connectivity index (χ1) is 8.27. The van der Waals surface area contributed by atoms with Crippen molar-refractivity contribution in [2.45, 2.75) is 44.6 Å². The second-order valence-corrected chi connectivity index (χ2v) is 5.27. The molecule has 98 valence electrons. The van der Waals surface area contributed by atoms with Crippen molar-refractivity contribution < 1.29 is 14.3 Å². The van der Waals surface area contributed by atoms with Crippen molar-refractivity contribution >= 4 is 5.97 Å². The number of hydrogen-bond acceptors (Lipinski definition) is 4. The van der Waals surface area contributed by atoms with Crippen molar-refractivity contribution in [1.82, 2.24) is 5.32 Å². The molecular weight excluding hydrogens is 218 g/mol. The molecule has 4 heteroatoms. The maximum atomic E-state index is 12.0. The molecule has 2 fully saturated rings. The van der Waals surface area contributed by atoms with E-state index >= 15 is 0 Å². The van der Waals surface area contributed by atoms with Crippen LogP contribution in [0.5, 0.6) is 0 Å². The fraction of sp³-hybridized carbons (Fsp3) is 0.923. The van der Waals surface area contributed by atoms with Gasteiger partial charge in [0.2, 0.25) is 0 Å². The summed E-state index contributed by atoms with van der Waals surface area (Å²) in [6, 6.07) is 0.415. The lowest BCUT2D eigenvalue weighted by molar-refractivity contribution is -0.154. The zero-order valence-corrected chi connectivity index (χ0v) is 10.7. The molecule has 0 amide bonds. The van der Waals surface area contributed by atoms with E-state index in [2.05, 4.69) is 5.32 Å². The summed E-state index contributed by atoms with van der Waals surface area (Å²) in [6.45, 7) is 2.36. The lowest BCUT2D eigenvalue weighted by Gasteiger charge is -2.35. The summed E-state index contributed by atoms with van der Waals surface area (Å²) in [7, 11) is 1.50. The van der Waals surface area contributed by atoms with Crippen molar-refractivity contribution in [3.8, 4) is 0 Å². The number of esters is 1. The molecule has 0 radical (unpaired) electrons. The molecular formula is C13H23NO3. The molecule has 2 rings (SSSR count). The van der Waals surface area contributed by atoms with Crippen LogP contribution in [0.3, 0.4) is 0 Å². The number of methoxy groups -OCH3 is 1. The first kappa shape index (κ1) is 12.8. The lowest BCUT2D eigenvalue weighted by atomic mass is 9.74. The molecule has 1 atom stereocenters. The molecule has 1 aliphatic carbocycles. The summed E-state index contributed by atoms with van der Waals surface area (Å²) in [5.74, 6) is -0.0383. The quantitative estimate of drug-likeness (QED) is 0.758. The van der Waals surface area contributed by atoms with Gasteiger partial charge in [0.25, 0.3) is 0 Å². The molecule has 17 heavy (non-hydrogen) atoms. The molecule has 1 saturated heterocycles. The van der Waals surface area contributed by atoms with E-state index in [4.69, 9.17) is 9.47 Å². The van der Waals surface area contributed by atoms with Gasteiger partial charge in [0.1, 0.15) is 0 Å². The summed E-state index contributed by atoms with van der Waals surface area (Å²) in [5, 5.41) is 3.48. The van der Waals surface area contributed by atoms with E-state index in [9.17, 15) is 4.79 Å². The molecule has 0 unspecified atom stereocenters. The van der Waals surface area contributed by atoms with Gasteiger partial charge in [-0.3, -0.25) is 4.79 Å². The van der Waals surface area contributed by atoms with Gasteiger partial charge in [-0.15, -0.1) is 0 Å². The molecule has 0 aromatic carbocycles. The molecule has 2 aliphatic rings. The highest BCUT2D eigenvalue weighted by Gasteiger charge is 2.40. The zero-order valence-electron chi connectivity index (χ0n) is 10.7. The highest BCUT2D eigenvalue weighted by molar-refractivity contribution is 5.77. The average Bonchev–Trinajstić information content (AvgIpc) is 2.89. The van der Waals surface area contributed by atoms with E-state index in [0.717, 1.165) is 51.9 Å². The van der Waals surface area contributed by atoms with Gasteiger partial charge in [0, 0.05) is 19.2 Å². The molecule has 4 nitrogen and oxygen atoms in total. The Kier molecular flexibility index (Phi) is 4.40. The van der Waals surface area contributed by atoms with Gasteiger partial charge in [-0.1, -0.05) is 19.3 Å². The second-order valence-electron chi connectivity index (χ2n) is 5.27. The van der Waals surface area contributed by atoms with Gasteiger partial charge in [0.05, 0.1) is 19.1 Å². The number of carbonyl (C=O) groups excluding carboxylic acids is 1. The van der Waals surface area contributed by atoms with Gasteiger partial charge in [0.15, 0.2) is 0 Å². The zero-order chi connectivity index (χ0) is 12.1. The molecule has 1 N–H and O–H groups in total. The van der Waals surface area contributed by atoms with Crippen molar-refractivity contribution in [2.75, 3.05) is 26.9 Å². The monoisotopic (exact) mass is 241 g/mol. The first-order valence-electron chi connectivity index (χ1n) is 6.66. The van der Waals surface area contributed by atoms with Gasteiger partial charge < -0.3 is 14.8 Å². The topological polar surface area (TPSA) is 47.6 Å². The van der Waals surface area contributed by atoms with Crippen molar-refractivity contribution in [3.63, 3.8) is 0 Å². The molecule has 1 saturated carbocycles. The van der Waals surface area contributed by atoms with Crippen molar-refractivity contribution in [1.29, 1.82) is 0 Å². The Morgan fingerprint density at radius 2 is 2.18 bits per heavy atom. The fourth-order valence-electron chi connectivity index (χ4n) is 2.93. The molecule has 0 aromatic heterocycles. The van der Waals surface area contributed by atoms with Crippen LogP contribution in [0.15, 0.2) is 0 Å². The molecule has 0 spiro atoms. The third kappa shape index (κ3) is 2.99. The smallest absolute Gasteiger partial charge is 0.313 e. The van der Waals surface area contributed by atoms with E-state index in [1.807, 2.05) is 0 Å². The van der Waals surface area contributed by atoms with Gasteiger partial charge in [-0.2, -0.15) is 0 Å². The highest BCUT2D eigenvalue weighted by Crippen LogP contribution is 2.37. The predicted molar refractivity (Wildman–Crippen MR) is 64.8 cm³/mol. The Hall–Kier alpha value is -0.610. The normalized spacial score (nSPS) is 27.9. The van der Waals surface area contributed by atoms with Crippen LogP contribution in [0.2, 0.25) is 0 Å². The minimum atomic E-state index is -0.282. The number of nitrogens with one attached hydrogen (secondary N) is 1. The van der Waals surface area contributed by atoms with Crippen LogP contribution < -0.4 is 5.32 Å². The number of ether oxygens (including phenoxy) is 2. The van der Waals surface area contributed by atoms with Gasteiger partial charge in [-0.05, 0) is 19.3 Å². The first-order valence-corrected chi connectivity index (χ1v) is 6.66. The van der Waals surface area contributed by atoms with Crippen LogP contribution in [0, 0.1) is 5.41 Å². The Balaban J connectivity index is 1.92. The van der Waals surface area contributed by atoms with E-state index in [1.54, 1.807) is 0 Å². The number of carbonyl (C=O) groups is 1. The van der Waals surface area contributed by atoms with E-state index in [1.165, 1.54) is 13.5 Å². The Labute approximate surface area is 103 Å². The fourth-order valence-corrected chi connectivity index (χ4v) is 2.93. The summed E-state index contributed by atoms with van der Waals surface area (Å²) in [6.07, 6.45) is 6.49. The van der Waals surface area contributed by atoms with Crippen LogP contribution in [-0.4, -0.2) is 38.9 Å². The van der Waals surface area contributed by atoms with Crippen LogP contribution in [0.1, 0.15) is 38.5 Å². The third-order valence-electron chi connectivity index (χ3n) is 4.09. The minimum absolute atomic E-state index is 0.0383. The lowest BCUT2D eigenvalue weighted by Crippen LogP contribution is -2.46. The van der Waals surface area contributed by atoms with Crippen LogP contribution in [0.25, 0.3) is 0 Å².